The summed E-state index contributed by atoms with van der Waals surface area (Å²) in [5.74, 6) is 0.639. The molecule has 2 aromatic heterocycles. The molecular formula is C20H20N4O2S. The van der Waals surface area contributed by atoms with E-state index in [4.69, 9.17) is 0 Å². The van der Waals surface area contributed by atoms with Crippen molar-refractivity contribution in [2.75, 3.05) is 0 Å². The van der Waals surface area contributed by atoms with Gasteiger partial charge >= 0.3 is 0 Å². The van der Waals surface area contributed by atoms with Gasteiger partial charge in [-0.25, -0.2) is 9.97 Å². The molecule has 0 atom stereocenters. The third-order valence-corrected chi connectivity index (χ3v) is 5.92. The molecule has 1 aliphatic rings. The summed E-state index contributed by atoms with van der Waals surface area (Å²) in [6.45, 7) is 5.80. The van der Waals surface area contributed by atoms with Gasteiger partial charge in [0.15, 0.2) is 0 Å². The van der Waals surface area contributed by atoms with Gasteiger partial charge in [0, 0.05) is 16.9 Å². The summed E-state index contributed by atoms with van der Waals surface area (Å²) in [6, 6.07) is 7.15. The maximum atomic E-state index is 12.6. The Bertz CT molecular complexity index is 1050. The molecule has 1 saturated carbocycles. The van der Waals surface area contributed by atoms with Crippen LogP contribution in [-0.2, 0) is 0 Å². The number of thiophene rings is 1. The molecule has 1 aliphatic carbocycles. The molecule has 2 heterocycles. The minimum Gasteiger partial charge on any atom is -0.267 e. The van der Waals surface area contributed by atoms with Crippen LogP contribution < -0.4 is 10.9 Å². The van der Waals surface area contributed by atoms with E-state index in [1.54, 1.807) is 12.1 Å². The number of hydrogen-bond acceptors (Lipinski definition) is 5. The van der Waals surface area contributed by atoms with E-state index in [-0.39, 0.29) is 11.8 Å². The predicted octanol–water partition coefficient (Wildman–Crippen LogP) is 3.57. The number of carbonyl (C=O) groups excluding carboxylic acids is 2. The van der Waals surface area contributed by atoms with Crippen molar-refractivity contribution in [2.24, 2.45) is 0 Å². The highest BCUT2D eigenvalue weighted by molar-refractivity contribution is 7.20. The van der Waals surface area contributed by atoms with Gasteiger partial charge in [-0.15, -0.1) is 11.3 Å². The Kier molecular flexibility index (Phi) is 4.39. The zero-order valence-corrected chi connectivity index (χ0v) is 16.2. The lowest BCUT2D eigenvalue weighted by atomic mass is 10.1. The molecule has 2 N–H and O–H groups in total. The normalized spacial score (nSPS) is 13.6. The first kappa shape index (κ1) is 17.6. The van der Waals surface area contributed by atoms with Crippen molar-refractivity contribution in [3.05, 3.63) is 57.4 Å². The number of aryl methyl sites for hydroxylation is 3. The molecule has 2 amide bonds. The average molecular weight is 380 g/mol. The summed E-state index contributed by atoms with van der Waals surface area (Å²) in [5.41, 5.74) is 8.29. The third kappa shape index (κ3) is 3.42. The summed E-state index contributed by atoms with van der Waals surface area (Å²) < 4.78 is 0. The Balaban J connectivity index is 1.53. The Morgan fingerprint density at radius 2 is 1.67 bits per heavy atom. The van der Waals surface area contributed by atoms with Crippen molar-refractivity contribution in [1.82, 2.24) is 20.8 Å². The third-order valence-electron chi connectivity index (χ3n) is 4.74. The summed E-state index contributed by atoms with van der Waals surface area (Å²) in [5, 5.41) is 0.930. The number of rotatable bonds is 3. The van der Waals surface area contributed by atoms with E-state index in [0.29, 0.717) is 16.4 Å². The molecule has 1 fully saturated rings. The van der Waals surface area contributed by atoms with Crippen LogP contribution in [0.2, 0.25) is 0 Å². The van der Waals surface area contributed by atoms with Crippen molar-refractivity contribution < 1.29 is 9.59 Å². The number of aromatic nitrogens is 2. The fourth-order valence-electron chi connectivity index (χ4n) is 3.05. The lowest BCUT2D eigenvalue weighted by Gasteiger charge is -2.07. The molecule has 0 radical (unpaired) electrons. The lowest BCUT2D eigenvalue weighted by Crippen LogP contribution is -2.41. The Morgan fingerprint density at radius 3 is 2.33 bits per heavy atom. The first-order valence-corrected chi connectivity index (χ1v) is 9.70. The number of nitrogens with zero attached hydrogens (tertiary/aromatic N) is 2. The molecule has 0 spiro atoms. The Labute approximate surface area is 161 Å². The molecule has 3 aromatic rings. The van der Waals surface area contributed by atoms with Gasteiger partial charge in [-0.3, -0.25) is 20.4 Å². The molecule has 0 aliphatic heterocycles. The van der Waals surface area contributed by atoms with Crippen LogP contribution in [0.4, 0.5) is 0 Å². The highest BCUT2D eigenvalue weighted by Gasteiger charge is 2.28. The monoisotopic (exact) mass is 380 g/mol. The summed E-state index contributed by atoms with van der Waals surface area (Å²) in [6.07, 6.45) is 2.27. The SMILES string of the molecule is Cc1ccc(C(=O)NNC(=O)c2sc3nc(C4CC4)nc(C)c3c2C)cc1. The lowest BCUT2D eigenvalue weighted by molar-refractivity contribution is 0.0848. The van der Waals surface area contributed by atoms with Gasteiger partial charge in [-0.1, -0.05) is 17.7 Å². The number of hydrazine groups is 1. The number of carbonyl (C=O) groups is 2. The van der Waals surface area contributed by atoms with Crippen LogP contribution >= 0.6 is 11.3 Å². The van der Waals surface area contributed by atoms with Gasteiger partial charge in [-0.05, 0) is 51.3 Å². The van der Waals surface area contributed by atoms with Gasteiger partial charge in [0.1, 0.15) is 10.7 Å². The smallest absolute Gasteiger partial charge is 0.267 e. The zero-order valence-electron chi connectivity index (χ0n) is 15.4. The minimum absolute atomic E-state index is 0.344. The average Bonchev–Trinajstić information content (AvgIpc) is 3.44. The first-order chi connectivity index (χ1) is 12.9. The second-order valence-corrected chi connectivity index (χ2v) is 7.95. The van der Waals surface area contributed by atoms with Crippen molar-refractivity contribution in [1.29, 1.82) is 0 Å². The molecule has 0 unspecified atom stereocenters. The maximum absolute atomic E-state index is 12.6. The van der Waals surface area contributed by atoms with Crippen molar-refractivity contribution in [3.63, 3.8) is 0 Å². The Morgan fingerprint density at radius 1 is 1.00 bits per heavy atom. The second kappa shape index (κ2) is 6.74. The zero-order chi connectivity index (χ0) is 19.1. The van der Waals surface area contributed by atoms with Crippen LogP contribution in [0, 0.1) is 20.8 Å². The molecule has 4 rings (SSSR count). The van der Waals surface area contributed by atoms with Gasteiger partial charge in [0.25, 0.3) is 11.8 Å². The van der Waals surface area contributed by atoms with Crippen LogP contribution in [0.15, 0.2) is 24.3 Å². The van der Waals surface area contributed by atoms with Crippen LogP contribution in [0.5, 0.6) is 0 Å². The molecular weight excluding hydrogens is 360 g/mol. The standard InChI is InChI=1S/C20H20N4O2S/c1-10-4-6-14(7-5-10)18(25)23-24-19(26)16-11(2)15-12(3)21-17(13-8-9-13)22-20(15)27-16/h4-7,13H,8-9H2,1-3H3,(H,23,25)(H,24,26). The van der Waals surface area contributed by atoms with E-state index in [2.05, 4.69) is 20.8 Å². The van der Waals surface area contributed by atoms with E-state index in [1.165, 1.54) is 11.3 Å². The van der Waals surface area contributed by atoms with Crippen LogP contribution in [0.1, 0.15) is 61.4 Å². The van der Waals surface area contributed by atoms with Crippen molar-refractivity contribution >= 4 is 33.4 Å². The van der Waals surface area contributed by atoms with E-state index in [9.17, 15) is 9.59 Å². The number of hydrogen-bond donors (Lipinski definition) is 2. The van der Waals surface area contributed by atoms with E-state index < -0.39 is 0 Å². The van der Waals surface area contributed by atoms with Gasteiger partial charge < -0.3 is 0 Å². The van der Waals surface area contributed by atoms with E-state index in [0.717, 1.165) is 45.7 Å². The van der Waals surface area contributed by atoms with E-state index >= 15 is 0 Å². The van der Waals surface area contributed by atoms with Crippen LogP contribution in [0.25, 0.3) is 10.2 Å². The fourth-order valence-corrected chi connectivity index (χ4v) is 4.18. The number of benzene rings is 1. The predicted molar refractivity (Wildman–Crippen MR) is 105 cm³/mol. The van der Waals surface area contributed by atoms with Gasteiger partial charge in [0.2, 0.25) is 0 Å². The Hall–Kier alpha value is -2.80. The largest absolute Gasteiger partial charge is 0.280 e. The molecule has 7 heteroatoms. The molecule has 138 valence electrons. The summed E-state index contributed by atoms with van der Waals surface area (Å²) >= 11 is 1.34. The van der Waals surface area contributed by atoms with Crippen LogP contribution in [0.3, 0.4) is 0 Å². The minimum atomic E-state index is -0.353. The van der Waals surface area contributed by atoms with Crippen molar-refractivity contribution in [3.8, 4) is 0 Å². The number of fused-ring (bicyclic) bond motifs is 1. The summed E-state index contributed by atoms with van der Waals surface area (Å²) in [7, 11) is 0. The van der Waals surface area contributed by atoms with Crippen LogP contribution in [-0.4, -0.2) is 21.8 Å². The highest BCUT2D eigenvalue weighted by Crippen LogP contribution is 2.40. The molecule has 27 heavy (non-hydrogen) atoms. The summed E-state index contributed by atoms with van der Waals surface area (Å²) in [4.78, 5) is 35.4. The molecule has 0 saturated heterocycles. The number of nitrogens with one attached hydrogen (secondary N) is 2. The van der Waals surface area contributed by atoms with Crippen molar-refractivity contribution in [2.45, 2.75) is 39.5 Å². The fraction of sp³-hybridized carbons (Fsp3) is 0.300. The topological polar surface area (TPSA) is 84.0 Å². The second-order valence-electron chi connectivity index (χ2n) is 6.95. The first-order valence-electron chi connectivity index (χ1n) is 8.89. The van der Waals surface area contributed by atoms with Gasteiger partial charge in [0.05, 0.1) is 10.6 Å². The molecule has 1 aromatic carbocycles. The quantitative estimate of drug-likeness (QED) is 0.681. The molecule has 0 bridgehead atoms. The number of amides is 2. The molecule has 6 nitrogen and oxygen atoms in total. The van der Waals surface area contributed by atoms with Gasteiger partial charge in [-0.2, -0.15) is 0 Å². The van der Waals surface area contributed by atoms with E-state index in [1.807, 2.05) is 32.9 Å². The maximum Gasteiger partial charge on any atom is 0.280 e. The highest BCUT2D eigenvalue weighted by atomic mass is 32.1.